The van der Waals surface area contributed by atoms with E-state index in [0.717, 1.165) is 23.4 Å². The predicted octanol–water partition coefficient (Wildman–Crippen LogP) is 1.36. The molecule has 3 rings (SSSR count). The number of aliphatic hydroxyl groups excluding tert-OH is 1. The van der Waals surface area contributed by atoms with Gasteiger partial charge in [0.05, 0.1) is 31.6 Å². The largest absolute Gasteiger partial charge is 0.497 e. The van der Waals surface area contributed by atoms with Crippen molar-refractivity contribution in [2.45, 2.75) is 31.4 Å². The molecule has 0 aliphatic carbocycles. The molecule has 8 heteroatoms. The normalized spacial score (nSPS) is 20.5. The van der Waals surface area contributed by atoms with Crippen LogP contribution < -0.4 is 4.74 Å². The van der Waals surface area contributed by atoms with Crippen LogP contribution in [0.2, 0.25) is 0 Å². The second kappa shape index (κ2) is 7.52. The van der Waals surface area contributed by atoms with Crippen LogP contribution in [0.5, 0.6) is 5.75 Å². The third kappa shape index (κ3) is 3.90. The van der Waals surface area contributed by atoms with E-state index in [4.69, 9.17) is 9.84 Å². The first-order valence-corrected chi connectivity index (χ1v) is 8.25. The summed E-state index contributed by atoms with van der Waals surface area (Å²) in [4.78, 5) is 12.3. The molecule has 0 unspecified atom stereocenters. The monoisotopic (exact) mass is 346 g/mol. The highest BCUT2D eigenvalue weighted by Crippen LogP contribution is 2.28. The van der Waals surface area contributed by atoms with Gasteiger partial charge in [0.25, 0.3) is 0 Å². The Bertz CT molecular complexity index is 716. The molecule has 1 aromatic carbocycles. The van der Waals surface area contributed by atoms with Gasteiger partial charge in [0.15, 0.2) is 0 Å². The number of ether oxygens (including phenoxy) is 1. The van der Waals surface area contributed by atoms with E-state index in [-0.39, 0.29) is 12.5 Å². The van der Waals surface area contributed by atoms with Crippen LogP contribution in [-0.4, -0.2) is 62.5 Å². The maximum Gasteiger partial charge on any atom is 0.407 e. The molecule has 0 spiro atoms. The number of aryl methyl sites for hydroxylation is 2. The van der Waals surface area contributed by atoms with Crippen molar-refractivity contribution in [1.82, 2.24) is 19.9 Å². The van der Waals surface area contributed by atoms with Gasteiger partial charge in [-0.2, -0.15) is 0 Å². The van der Waals surface area contributed by atoms with Gasteiger partial charge in [-0.25, -0.2) is 9.48 Å². The number of methoxy groups -OCH3 is 1. The lowest BCUT2D eigenvalue weighted by atomic mass is 9.91. The number of nitrogens with zero attached hydrogens (tertiary/aromatic N) is 4. The summed E-state index contributed by atoms with van der Waals surface area (Å²) in [6.45, 7) is 1.16. The highest BCUT2D eigenvalue weighted by atomic mass is 16.5. The molecule has 0 saturated carbocycles. The van der Waals surface area contributed by atoms with Crippen molar-refractivity contribution in [2.24, 2.45) is 0 Å². The van der Waals surface area contributed by atoms with E-state index in [9.17, 15) is 9.90 Å². The van der Waals surface area contributed by atoms with Crippen molar-refractivity contribution in [1.29, 1.82) is 0 Å². The molecule has 0 radical (unpaired) electrons. The van der Waals surface area contributed by atoms with Crippen LogP contribution in [0.3, 0.4) is 0 Å². The van der Waals surface area contributed by atoms with Gasteiger partial charge >= 0.3 is 6.09 Å². The van der Waals surface area contributed by atoms with Gasteiger partial charge in [-0.05, 0) is 30.5 Å². The minimum absolute atomic E-state index is 0.115. The molecule has 2 heterocycles. The number of piperidine rings is 1. The smallest absolute Gasteiger partial charge is 0.407 e. The number of carboxylic acid groups (broad SMARTS) is 1. The van der Waals surface area contributed by atoms with Crippen LogP contribution in [0, 0.1) is 0 Å². The second-order valence-electron chi connectivity index (χ2n) is 6.17. The van der Waals surface area contributed by atoms with Gasteiger partial charge in [0.2, 0.25) is 0 Å². The van der Waals surface area contributed by atoms with Gasteiger partial charge in [-0.15, -0.1) is 5.10 Å². The summed E-state index contributed by atoms with van der Waals surface area (Å²) in [6, 6.07) is 7.86. The molecule has 134 valence electrons. The summed E-state index contributed by atoms with van der Waals surface area (Å²) in [7, 11) is 1.64. The third-order valence-corrected chi connectivity index (χ3v) is 4.65. The molecular weight excluding hydrogens is 324 g/mol. The van der Waals surface area contributed by atoms with Crippen LogP contribution in [0.4, 0.5) is 4.79 Å². The van der Waals surface area contributed by atoms with E-state index in [0.29, 0.717) is 19.5 Å². The molecule has 1 amide bonds. The zero-order valence-electron chi connectivity index (χ0n) is 14.1. The van der Waals surface area contributed by atoms with Crippen LogP contribution in [0.15, 0.2) is 30.5 Å². The van der Waals surface area contributed by atoms with Crippen LogP contribution >= 0.6 is 0 Å². The number of amides is 1. The SMILES string of the molecule is COc1ccc(CCn2nncc2[C@@H]2CCN(C(=O)O)C[C@H]2O)cc1. The first-order valence-electron chi connectivity index (χ1n) is 8.25. The van der Waals surface area contributed by atoms with E-state index < -0.39 is 12.2 Å². The zero-order chi connectivity index (χ0) is 17.8. The predicted molar refractivity (Wildman–Crippen MR) is 89.7 cm³/mol. The van der Waals surface area contributed by atoms with Gasteiger partial charge in [-0.1, -0.05) is 17.3 Å². The standard InChI is InChI=1S/C17H22N4O4/c1-25-13-4-2-12(3-5-13)6-9-21-15(10-18-19-21)14-7-8-20(17(23)24)11-16(14)22/h2-5,10,14,16,22H,6-9,11H2,1H3,(H,23,24)/t14-,16+/m0/s1. The van der Waals surface area contributed by atoms with Crippen molar-refractivity contribution in [3.8, 4) is 5.75 Å². The Hall–Kier alpha value is -2.61. The highest BCUT2D eigenvalue weighted by molar-refractivity contribution is 5.65. The number of aromatic nitrogens is 3. The first-order chi connectivity index (χ1) is 12.1. The summed E-state index contributed by atoms with van der Waals surface area (Å²) < 4.78 is 6.95. The Balaban J connectivity index is 1.65. The molecule has 25 heavy (non-hydrogen) atoms. The lowest BCUT2D eigenvalue weighted by molar-refractivity contribution is 0.0480. The number of hydrogen-bond donors (Lipinski definition) is 2. The number of likely N-dealkylation sites (tertiary alicyclic amines) is 1. The van der Waals surface area contributed by atoms with E-state index in [1.165, 1.54) is 4.90 Å². The van der Waals surface area contributed by atoms with Gasteiger partial charge < -0.3 is 19.8 Å². The summed E-state index contributed by atoms with van der Waals surface area (Å²) in [6.07, 6.45) is 1.26. The topological polar surface area (TPSA) is 101 Å². The molecule has 2 atom stereocenters. The van der Waals surface area contributed by atoms with Crippen molar-refractivity contribution in [3.05, 3.63) is 41.7 Å². The maximum absolute atomic E-state index is 11.0. The van der Waals surface area contributed by atoms with Crippen molar-refractivity contribution < 1.29 is 19.7 Å². The summed E-state index contributed by atoms with van der Waals surface area (Å²) >= 11 is 0. The Morgan fingerprint density at radius 3 is 2.76 bits per heavy atom. The molecule has 1 aromatic heterocycles. The summed E-state index contributed by atoms with van der Waals surface area (Å²) in [5.74, 6) is 0.667. The lowest BCUT2D eigenvalue weighted by Gasteiger charge is -2.34. The van der Waals surface area contributed by atoms with E-state index in [2.05, 4.69) is 10.3 Å². The number of β-amino-alcohol motifs (C(OH)–C–C–N with tert-alkyl or cyclic N) is 1. The lowest BCUT2D eigenvalue weighted by Crippen LogP contribution is -2.45. The minimum atomic E-state index is -0.997. The second-order valence-corrected chi connectivity index (χ2v) is 6.17. The fraction of sp³-hybridized carbons (Fsp3) is 0.471. The molecule has 0 bridgehead atoms. The van der Waals surface area contributed by atoms with Crippen LogP contribution in [0.25, 0.3) is 0 Å². The molecule has 2 aromatic rings. The molecule has 1 aliphatic rings. The fourth-order valence-corrected chi connectivity index (χ4v) is 3.20. The number of rotatable bonds is 5. The molecule has 8 nitrogen and oxygen atoms in total. The number of carbonyl (C=O) groups is 1. The Kier molecular flexibility index (Phi) is 5.18. The summed E-state index contributed by atoms with van der Waals surface area (Å²) in [5, 5.41) is 27.5. The average molecular weight is 346 g/mol. The minimum Gasteiger partial charge on any atom is -0.497 e. The van der Waals surface area contributed by atoms with Gasteiger partial charge in [0.1, 0.15) is 5.75 Å². The van der Waals surface area contributed by atoms with Gasteiger partial charge in [-0.3, -0.25) is 0 Å². The fourth-order valence-electron chi connectivity index (χ4n) is 3.20. The van der Waals surface area contributed by atoms with Crippen molar-refractivity contribution >= 4 is 6.09 Å². The molecular formula is C17H22N4O4. The van der Waals surface area contributed by atoms with E-state index in [1.807, 2.05) is 24.3 Å². The Morgan fingerprint density at radius 2 is 2.12 bits per heavy atom. The van der Waals surface area contributed by atoms with Crippen molar-refractivity contribution in [2.75, 3.05) is 20.2 Å². The Labute approximate surface area is 145 Å². The maximum atomic E-state index is 11.0. The average Bonchev–Trinajstić information content (AvgIpc) is 3.08. The first kappa shape index (κ1) is 17.2. The quantitative estimate of drug-likeness (QED) is 0.848. The van der Waals surface area contributed by atoms with E-state index >= 15 is 0 Å². The number of benzene rings is 1. The third-order valence-electron chi connectivity index (χ3n) is 4.65. The molecule has 1 aliphatic heterocycles. The molecule has 2 N–H and O–H groups in total. The summed E-state index contributed by atoms with van der Waals surface area (Å²) in [5.41, 5.74) is 2.01. The van der Waals surface area contributed by atoms with Crippen molar-refractivity contribution in [3.63, 3.8) is 0 Å². The number of aliphatic hydroxyl groups is 1. The van der Waals surface area contributed by atoms with Crippen LogP contribution in [0.1, 0.15) is 23.6 Å². The Morgan fingerprint density at radius 1 is 1.36 bits per heavy atom. The molecule has 1 saturated heterocycles. The highest BCUT2D eigenvalue weighted by Gasteiger charge is 2.33. The molecule has 1 fully saturated rings. The van der Waals surface area contributed by atoms with E-state index in [1.54, 1.807) is 18.0 Å². The zero-order valence-corrected chi connectivity index (χ0v) is 14.1. The van der Waals surface area contributed by atoms with Gasteiger partial charge in [0, 0.05) is 19.0 Å². The van der Waals surface area contributed by atoms with Crippen LogP contribution in [-0.2, 0) is 13.0 Å². The number of hydrogen-bond acceptors (Lipinski definition) is 5.